The first-order valence-corrected chi connectivity index (χ1v) is 10.4. The standard InChI is InChI=1S/C23H31N3O3/c1-16(2)21(25-22(27)18-10-8-17(3)9-11-18)23(28)24-15-19(20-7-6-14-29-20)26-12-4-5-13-26/h6-11,14,16,19,21H,4-5,12-13,15H2,1-3H3,(H,24,28)(H,25,27). The summed E-state index contributed by atoms with van der Waals surface area (Å²) in [4.78, 5) is 27.9. The lowest BCUT2D eigenvalue weighted by Gasteiger charge is -2.28. The second kappa shape index (κ2) is 9.74. The van der Waals surface area contributed by atoms with E-state index in [4.69, 9.17) is 4.42 Å². The van der Waals surface area contributed by atoms with Crippen molar-refractivity contribution in [3.63, 3.8) is 0 Å². The minimum atomic E-state index is -0.598. The Morgan fingerprint density at radius 1 is 1.10 bits per heavy atom. The van der Waals surface area contributed by atoms with E-state index in [0.29, 0.717) is 12.1 Å². The molecule has 2 N–H and O–H groups in total. The van der Waals surface area contributed by atoms with Crippen molar-refractivity contribution in [3.8, 4) is 0 Å². The Hall–Kier alpha value is -2.60. The Balaban J connectivity index is 1.63. The van der Waals surface area contributed by atoms with Gasteiger partial charge in [-0.15, -0.1) is 0 Å². The summed E-state index contributed by atoms with van der Waals surface area (Å²) >= 11 is 0. The number of benzene rings is 1. The molecule has 2 aromatic rings. The minimum Gasteiger partial charge on any atom is -0.468 e. The molecule has 6 heteroatoms. The first-order chi connectivity index (χ1) is 14.0. The number of hydrogen-bond donors (Lipinski definition) is 2. The molecule has 6 nitrogen and oxygen atoms in total. The fraction of sp³-hybridized carbons (Fsp3) is 0.478. The van der Waals surface area contributed by atoms with Crippen LogP contribution in [0.2, 0.25) is 0 Å². The molecule has 2 unspecified atom stereocenters. The zero-order chi connectivity index (χ0) is 20.8. The molecule has 2 amide bonds. The normalized spacial score (nSPS) is 16.6. The predicted molar refractivity (Wildman–Crippen MR) is 113 cm³/mol. The van der Waals surface area contributed by atoms with E-state index in [9.17, 15) is 9.59 Å². The van der Waals surface area contributed by atoms with Crippen molar-refractivity contribution >= 4 is 11.8 Å². The molecule has 0 spiro atoms. The summed E-state index contributed by atoms with van der Waals surface area (Å²) in [6.45, 7) is 8.30. The van der Waals surface area contributed by atoms with Gasteiger partial charge in [0.15, 0.2) is 0 Å². The van der Waals surface area contributed by atoms with Crippen LogP contribution in [0.15, 0.2) is 47.1 Å². The molecule has 0 radical (unpaired) electrons. The Bertz CT molecular complexity index is 793. The molecular formula is C23H31N3O3. The number of carbonyl (C=O) groups is 2. The summed E-state index contributed by atoms with van der Waals surface area (Å²) in [6, 6.07) is 10.6. The van der Waals surface area contributed by atoms with Crippen LogP contribution in [0.4, 0.5) is 0 Å². The third-order valence-electron chi connectivity index (χ3n) is 5.47. The van der Waals surface area contributed by atoms with Gasteiger partial charge in [0, 0.05) is 12.1 Å². The molecule has 29 heavy (non-hydrogen) atoms. The Labute approximate surface area is 172 Å². The fourth-order valence-electron chi connectivity index (χ4n) is 3.72. The van der Waals surface area contributed by atoms with Gasteiger partial charge in [-0.05, 0) is 63.0 Å². The number of nitrogens with zero attached hydrogens (tertiary/aromatic N) is 1. The summed E-state index contributed by atoms with van der Waals surface area (Å²) in [5.41, 5.74) is 1.64. The summed E-state index contributed by atoms with van der Waals surface area (Å²) in [7, 11) is 0. The van der Waals surface area contributed by atoms with E-state index in [2.05, 4.69) is 15.5 Å². The maximum Gasteiger partial charge on any atom is 0.251 e. The highest BCUT2D eigenvalue weighted by atomic mass is 16.3. The van der Waals surface area contributed by atoms with Crippen LogP contribution in [0.5, 0.6) is 0 Å². The Morgan fingerprint density at radius 3 is 2.38 bits per heavy atom. The molecule has 0 saturated carbocycles. The van der Waals surface area contributed by atoms with Gasteiger partial charge in [-0.3, -0.25) is 14.5 Å². The van der Waals surface area contributed by atoms with Gasteiger partial charge < -0.3 is 15.1 Å². The Kier molecular flexibility index (Phi) is 7.09. The molecule has 1 aromatic carbocycles. The summed E-state index contributed by atoms with van der Waals surface area (Å²) in [5, 5.41) is 5.93. The molecule has 1 aliphatic rings. The molecule has 156 valence electrons. The molecule has 2 atom stereocenters. The van der Waals surface area contributed by atoms with E-state index < -0.39 is 6.04 Å². The maximum atomic E-state index is 12.9. The van der Waals surface area contributed by atoms with Crippen LogP contribution in [-0.4, -0.2) is 42.4 Å². The fourth-order valence-corrected chi connectivity index (χ4v) is 3.72. The highest BCUT2D eigenvalue weighted by molar-refractivity contribution is 5.97. The van der Waals surface area contributed by atoms with Gasteiger partial charge >= 0.3 is 0 Å². The molecule has 1 fully saturated rings. The number of rotatable bonds is 8. The van der Waals surface area contributed by atoms with Crippen molar-refractivity contribution in [3.05, 3.63) is 59.5 Å². The van der Waals surface area contributed by atoms with Gasteiger partial charge in [-0.2, -0.15) is 0 Å². The topological polar surface area (TPSA) is 74.6 Å². The average molecular weight is 398 g/mol. The second-order valence-corrected chi connectivity index (χ2v) is 8.08. The molecule has 2 heterocycles. The van der Waals surface area contributed by atoms with Crippen LogP contribution in [0.3, 0.4) is 0 Å². The van der Waals surface area contributed by atoms with E-state index >= 15 is 0 Å². The molecule has 1 aliphatic heterocycles. The zero-order valence-electron chi connectivity index (χ0n) is 17.5. The van der Waals surface area contributed by atoms with Crippen LogP contribution in [-0.2, 0) is 4.79 Å². The molecular weight excluding hydrogens is 366 g/mol. The van der Waals surface area contributed by atoms with Gasteiger partial charge in [-0.25, -0.2) is 0 Å². The van der Waals surface area contributed by atoms with Gasteiger partial charge in [0.1, 0.15) is 11.8 Å². The number of amides is 2. The zero-order valence-corrected chi connectivity index (χ0v) is 17.5. The largest absolute Gasteiger partial charge is 0.468 e. The third-order valence-corrected chi connectivity index (χ3v) is 5.47. The lowest BCUT2D eigenvalue weighted by molar-refractivity contribution is -0.124. The number of nitrogens with one attached hydrogen (secondary N) is 2. The van der Waals surface area contributed by atoms with Crippen LogP contribution < -0.4 is 10.6 Å². The third kappa shape index (κ3) is 5.48. The van der Waals surface area contributed by atoms with Gasteiger partial charge in [0.05, 0.1) is 12.3 Å². The first kappa shape index (κ1) is 21.1. The van der Waals surface area contributed by atoms with Crippen LogP contribution in [0.25, 0.3) is 0 Å². The predicted octanol–water partition coefficient (Wildman–Crippen LogP) is 3.30. The van der Waals surface area contributed by atoms with E-state index in [1.807, 2.05) is 45.0 Å². The van der Waals surface area contributed by atoms with Crippen molar-refractivity contribution in [1.82, 2.24) is 15.5 Å². The number of furan rings is 1. The van der Waals surface area contributed by atoms with Crippen molar-refractivity contribution in [2.24, 2.45) is 5.92 Å². The quantitative estimate of drug-likeness (QED) is 0.717. The number of carbonyl (C=O) groups excluding carboxylic acids is 2. The molecule has 0 bridgehead atoms. The van der Waals surface area contributed by atoms with E-state index in [1.165, 1.54) is 0 Å². The summed E-state index contributed by atoms with van der Waals surface area (Å²) in [5.74, 6) is 0.424. The van der Waals surface area contributed by atoms with Gasteiger partial charge in [0.25, 0.3) is 5.91 Å². The SMILES string of the molecule is Cc1ccc(C(=O)NC(C(=O)NCC(c2ccco2)N2CCCC2)C(C)C)cc1. The molecule has 1 aromatic heterocycles. The van der Waals surface area contributed by atoms with Crippen LogP contribution in [0.1, 0.15) is 54.4 Å². The first-order valence-electron chi connectivity index (χ1n) is 10.4. The Morgan fingerprint density at radius 2 is 1.79 bits per heavy atom. The number of aryl methyl sites for hydroxylation is 1. The van der Waals surface area contributed by atoms with E-state index in [-0.39, 0.29) is 23.8 Å². The highest BCUT2D eigenvalue weighted by Gasteiger charge is 2.29. The van der Waals surface area contributed by atoms with Crippen molar-refractivity contribution < 1.29 is 14.0 Å². The summed E-state index contributed by atoms with van der Waals surface area (Å²) < 4.78 is 5.62. The minimum absolute atomic E-state index is 0.0112. The smallest absolute Gasteiger partial charge is 0.251 e. The number of likely N-dealkylation sites (tertiary alicyclic amines) is 1. The van der Waals surface area contributed by atoms with E-state index in [1.54, 1.807) is 18.4 Å². The van der Waals surface area contributed by atoms with E-state index in [0.717, 1.165) is 37.3 Å². The van der Waals surface area contributed by atoms with Gasteiger partial charge in [0.2, 0.25) is 5.91 Å². The van der Waals surface area contributed by atoms with Crippen molar-refractivity contribution in [2.75, 3.05) is 19.6 Å². The molecule has 1 saturated heterocycles. The lowest BCUT2D eigenvalue weighted by atomic mass is 10.0. The second-order valence-electron chi connectivity index (χ2n) is 8.08. The summed E-state index contributed by atoms with van der Waals surface area (Å²) in [6.07, 6.45) is 3.98. The maximum absolute atomic E-state index is 12.9. The molecule has 0 aliphatic carbocycles. The van der Waals surface area contributed by atoms with Crippen molar-refractivity contribution in [2.45, 2.75) is 45.7 Å². The number of hydrogen-bond acceptors (Lipinski definition) is 4. The molecule has 3 rings (SSSR count). The van der Waals surface area contributed by atoms with Crippen molar-refractivity contribution in [1.29, 1.82) is 0 Å². The van der Waals surface area contributed by atoms with Crippen LogP contribution >= 0.6 is 0 Å². The lowest BCUT2D eigenvalue weighted by Crippen LogP contribution is -2.51. The average Bonchev–Trinajstić information content (AvgIpc) is 3.41. The van der Waals surface area contributed by atoms with Gasteiger partial charge in [-0.1, -0.05) is 31.5 Å². The van der Waals surface area contributed by atoms with Crippen LogP contribution in [0, 0.1) is 12.8 Å². The highest BCUT2D eigenvalue weighted by Crippen LogP contribution is 2.25. The monoisotopic (exact) mass is 397 g/mol.